The van der Waals surface area contributed by atoms with Crippen LogP contribution >= 0.6 is 11.3 Å². The number of hydrogen-bond donors (Lipinski definition) is 2. The highest BCUT2D eigenvalue weighted by atomic mass is 32.1. The summed E-state index contributed by atoms with van der Waals surface area (Å²) in [6.45, 7) is 3.06. The Balaban J connectivity index is 1.93. The number of anilines is 1. The molecule has 1 saturated heterocycles. The molecule has 1 fully saturated rings. The van der Waals surface area contributed by atoms with Crippen LogP contribution in [-0.2, 0) is 9.53 Å². The first kappa shape index (κ1) is 14.0. The lowest BCUT2D eigenvalue weighted by atomic mass is 10.1. The van der Waals surface area contributed by atoms with Crippen molar-refractivity contribution in [2.24, 2.45) is 0 Å². The summed E-state index contributed by atoms with van der Waals surface area (Å²) in [4.78, 5) is 23.6. The molecule has 0 aliphatic carbocycles. The van der Waals surface area contributed by atoms with Gasteiger partial charge in [0.1, 0.15) is 5.00 Å². The zero-order valence-electron chi connectivity index (χ0n) is 10.9. The van der Waals surface area contributed by atoms with Crippen LogP contribution in [-0.4, -0.2) is 31.1 Å². The monoisotopic (exact) mass is 282 g/mol. The van der Waals surface area contributed by atoms with Gasteiger partial charge in [0.15, 0.2) is 0 Å². The summed E-state index contributed by atoms with van der Waals surface area (Å²) in [5, 5.41) is 8.42. The van der Waals surface area contributed by atoms with Gasteiger partial charge in [-0.15, -0.1) is 11.3 Å². The molecule has 0 spiro atoms. The molecule has 1 aromatic heterocycles. The highest BCUT2D eigenvalue weighted by Crippen LogP contribution is 2.24. The van der Waals surface area contributed by atoms with E-state index < -0.39 is 5.97 Å². The molecule has 2 rings (SSSR count). The molecule has 1 aliphatic heterocycles. The number of carbonyl (C=O) groups excluding carboxylic acids is 2. The van der Waals surface area contributed by atoms with Gasteiger partial charge in [0.05, 0.1) is 12.2 Å². The number of carbonyl (C=O) groups is 2. The van der Waals surface area contributed by atoms with Crippen molar-refractivity contribution in [3.05, 3.63) is 17.0 Å². The summed E-state index contributed by atoms with van der Waals surface area (Å²) >= 11 is 1.34. The molecule has 5 nitrogen and oxygen atoms in total. The van der Waals surface area contributed by atoms with Crippen LogP contribution in [0, 0.1) is 0 Å². The van der Waals surface area contributed by atoms with Gasteiger partial charge in [-0.05, 0) is 37.8 Å². The van der Waals surface area contributed by atoms with Crippen molar-refractivity contribution in [2.45, 2.75) is 32.2 Å². The summed E-state index contributed by atoms with van der Waals surface area (Å²) < 4.78 is 4.95. The molecule has 0 saturated carbocycles. The van der Waals surface area contributed by atoms with Gasteiger partial charge in [-0.1, -0.05) is 0 Å². The summed E-state index contributed by atoms with van der Waals surface area (Å²) in [5.74, 6) is -0.453. The maximum absolute atomic E-state index is 11.9. The molecule has 1 aromatic rings. The van der Waals surface area contributed by atoms with E-state index in [2.05, 4.69) is 10.6 Å². The number of hydrogen-bond acceptors (Lipinski definition) is 5. The minimum Gasteiger partial charge on any atom is -0.462 e. The van der Waals surface area contributed by atoms with Crippen molar-refractivity contribution in [1.29, 1.82) is 0 Å². The first-order chi connectivity index (χ1) is 9.20. The quantitative estimate of drug-likeness (QED) is 0.811. The number of ether oxygens (including phenoxy) is 1. The Kier molecular flexibility index (Phi) is 4.93. The third-order valence-corrected chi connectivity index (χ3v) is 3.84. The van der Waals surface area contributed by atoms with E-state index in [1.807, 2.05) is 0 Å². The van der Waals surface area contributed by atoms with Crippen molar-refractivity contribution in [1.82, 2.24) is 5.32 Å². The fourth-order valence-electron chi connectivity index (χ4n) is 2.11. The lowest BCUT2D eigenvalue weighted by Crippen LogP contribution is -2.27. The van der Waals surface area contributed by atoms with E-state index in [4.69, 9.17) is 4.74 Å². The van der Waals surface area contributed by atoms with E-state index in [1.54, 1.807) is 18.4 Å². The fourth-order valence-corrected chi connectivity index (χ4v) is 2.90. The van der Waals surface area contributed by atoms with Crippen molar-refractivity contribution in [3.8, 4) is 0 Å². The van der Waals surface area contributed by atoms with E-state index in [9.17, 15) is 9.59 Å². The topological polar surface area (TPSA) is 67.4 Å². The molecular formula is C13H18N2O3S. The largest absolute Gasteiger partial charge is 0.462 e. The highest BCUT2D eigenvalue weighted by molar-refractivity contribution is 7.14. The predicted molar refractivity (Wildman–Crippen MR) is 74.5 cm³/mol. The van der Waals surface area contributed by atoms with E-state index in [0.717, 1.165) is 19.4 Å². The summed E-state index contributed by atoms with van der Waals surface area (Å²) in [6, 6.07) is 1.93. The van der Waals surface area contributed by atoms with E-state index in [-0.39, 0.29) is 11.9 Å². The van der Waals surface area contributed by atoms with Gasteiger partial charge < -0.3 is 15.4 Å². The Bertz CT molecular complexity index is 452. The van der Waals surface area contributed by atoms with Gasteiger partial charge in [-0.25, -0.2) is 4.79 Å². The molecule has 0 radical (unpaired) electrons. The second kappa shape index (κ2) is 6.68. The molecule has 2 N–H and O–H groups in total. The molecule has 1 amide bonds. The molecule has 19 heavy (non-hydrogen) atoms. The molecular weight excluding hydrogens is 264 g/mol. The number of amides is 1. The van der Waals surface area contributed by atoms with Gasteiger partial charge >= 0.3 is 5.97 Å². The van der Waals surface area contributed by atoms with Crippen LogP contribution in [0.1, 0.15) is 36.5 Å². The Morgan fingerprint density at radius 1 is 1.58 bits per heavy atom. The third-order valence-electron chi connectivity index (χ3n) is 3.01. The maximum atomic E-state index is 11.9. The van der Waals surface area contributed by atoms with Gasteiger partial charge in [0.2, 0.25) is 5.91 Å². The van der Waals surface area contributed by atoms with Crippen LogP contribution in [0.3, 0.4) is 0 Å². The molecule has 0 aromatic carbocycles. The fraction of sp³-hybridized carbons (Fsp3) is 0.538. The summed E-state index contributed by atoms with van der Waals surface area (Å²) in [6.07, 6.45) is 2.59. The van der Waals surface area contributed by atoms with E-state index in [1.165, 1.54) is 11.3 Å². The second-order valence-corrected chi connectivity index (χ2v) is 5.35. The summed E-state index contributed by atoms with van der Waals surface area (Å²) in [5.41, 5.74) is 0.430. The number of nitrogens with one attached hydrogen (secondary N) is 2. The van der Waals surface area contributed by atoms with Gasteiger partial charge in [-0.3, -0.25) is 4.79 Å². The highest BCUT2D eigenvalue weighted by Gasteiger charge is 2.20. The van der Waals surface area contributed by atoms with Gasteiger partial charge in [-0.2, -0.15) is 0 Å². The van der Waals surface area contributed by atoms with E-state index >= 15 is 0 Å². The molecule has 1 unspecified atom stereocenters. The first-order valence-corrected chi connectivity index (χ1v) is 7.36. The van der Waals surface area contributed by atoms with Crippen LogP contribution < -0.4 is 10.6 Å². The normalized spacial score (nSPS) is 18.3. The Labute approximate surface area is 116 Å². The number of thiophene rings is 1. The molecule has 1 atom stereocenters. The lowest BCUT2D eigenvalue weighted by molar-refractivity contribution is -0.116. The molecule has 104 valence electrons. The number of esters is 1. The van der Waals surface area contributed by atoms with Crippen LogP contribution in [0.2, 0.25) is 0 Å². The zero-order chi connectivity index (χ0) is 13.7. The van der Waals surface area contributed by atoms with Crippen LogP contribution in [0.4, 0.5) is 5.00 Å². The molecule has 0 bridgehead atoms. The Morgan fingerprint density at radius 3 is 3.11 bits per heavy atom. The average molecular weight is 282 g/mol. The van der Waals surface area contributed by atoms with Crippen LogP contribution in [0.25, 0.3) is 0 Å². The molecule has 6 heteroatoms. The van der Waals surface area contributed by atoms with Crippen molar-refractivity contribution < 1.29 is 14.3 Å². The van der Waals surface area contributed by atoms with Crippen LogP contribution in [0.15, 0.2) is 11.4 Å². The van der Waals surface area contributed by atoms with Crippen molar-refractivity contribution in [3.63, 3.8) is 0 Å². The summed E-state index contributed by atoms with van der Waals surface area (Å²) in [7, 11) is 0. The molecule has 1 aliphatic rings. The van der Waals surface area contributed by atoms with E-state index in [0.29, 0.717) is 23.6 Å². The lowest BCUT2D eigenvalue weighted by Gasteiger charge is -2.10. The smallest absolute Gasteiger partial charge is 0.341 e. The first-order valence-electron chi connectivity index (χ1n) is 6.48. The predicted octanol–water partition coefficient (Wildman–Crippen LogP) is 2.01. The average Bonchev–Trinajstić information content (AvgIpc) is 3.00. The third kappa shape index (κ3) is 3.78. The zero-order valence-corrected chi connectivity index (χ0v) is 11.7. The molecule has 2 heterocycles. The SMILES string of the molecule is CCOC(=O)c1ccsc1NC(=O)CC1CCCN1. The van der Waals surface area contributed by atoms with Crippen molar-refractivity contribution >= 4 is 28.2 Å². The number of rotatable bonds is 5. The second-order valence-electron chi connectivity index (χ2n) is 4.43. The minimum atomic E-state index is -0.391. The van der Waals surface area contributed by atoms with Gasteiger partial charge in [0, 0.05) is 12.5 Å². The Hall–Kier alpha value is -1.40. The van der Waals surface area contributed by atoms with Crippen LogP contribution in [0.5, 0.6) is 0 Å². The minimum absolute atomic E-state index is 0.0626. The Morgan fingerprint density at radius 2 is 2.42 bits per heavy atom. The standard InChI is InChI=1S/C13H18N2O3S/c1-2-18-13(17)10-5-7-19-12(10)15-11(16)8-9-4-3-6-14-9/h5,7,9,14H,2-4,6,8H2,1H3,(H,15,16). The van der Waals surface area contributed by atoms with Crippen molar-refractivity contribution in [2.75, 3.05) is 18.5 Å². The van der Waals surface area contributed by atoms with Gasteiger partial charge in [0.25, 0.3) is 0 Å². The maximum Gasteiger partial charge on any atom is 0.341 e.